The van der Waals surface area contributed by atoms with E-state index in [4.69, 9.17) is 24.4 Å². The first-order chi connectivity index (χ1) is 23.6. The van der Waals surface area contributed by atoms with Crippen molar-refractivity contribution in [3.8, 4) is 17.2 Å². The molecular weight excluding hydrogens is 812 g/mol. The molecule has 0 fully saturated rings. The second-order valence-electron chi connectivity index (χ2n) is 16.1. The minimum absolute atomic E-state index is 0. The van der Waals surface area contributed by atoms with Gasteiger partial charge in [0.2, 0.25) is 0 Å². The molecule has 2 atom stereocenters. The number of rotatable bonds is 3. The molecule has 1 aliphatic carbocycles. The quantitative estimate of drug-likeness (QED) is 0.167. The van der Waals surface area contributed by atoms with Crippen LogP contribution in [0.3, 0.4) is 0 Å². The van der Waals surface area contributed by atoms with Gasteiger partial charge < -0.3 is 19.0 Å². The van der Waals surface area contributed by atoms with Crippen molar-refractivity contribution >= 4 is 27.8 Å². The molecule has 9 rings (SSSR count). The number of para-hydroxylation sites is 1. The Kier molecular flexibility index (Phi) is 7.06. The summed E-state index contributed by atoms with van der Waals surface area (Å²) in [6, 6.07) is 22.7. The first-order valence-electron chi connectivity index (χ1n) is 17.5. The number of pyridine rings is 2. The standard InChI is InChI=1S/C44H42N4O2.Pt/c1-23-17-26(4)37-33(18-23)43(10)44(11,42(37,8)9)50-40(47-43)30-20-28(22-46-27(30)5)49-35-21-34-32(19-25(35)3)41(6,7)31-14-12-13-29-36-24(2)15-16-45-39(36)48(34)38(29)31;/h12-19,22H,1-11H3;/q-2;+2/t43-,44+;/m1./s1. The molecule has 0 spiro atoms. The predicted molar refractivity (Wildman–Crippen MR) is 199 cm³/mol. The van der Waals surface area contributed by atoms with Crippen LogP contribution in [-0.4, -0.2) is 26.0 Å². The smallest absolute Gasteiger partial charge is 0.510 e. The van der Waals surface area contributed by atoms with E-state index in [-0.39, 0.29) is 31.9 Å². The van der Waals surface area contributed by atoms with Crippen molar-refractivity contribution in [3.63, 3.8) is 0 Å². The Labute approximate surface area is 314 Å². The molecule has 0 radical (unpaired) electrons. The zero-order valence-corrected chi connectivity index (χ0v) is 33.4. The first kappa shape index (κ1) is 33.8. The Morgan fingerprint density at radius 2 is 1.57 bits per heavy atom. The number of nitrogens with zero attached hydrogens (tertiary/aromatic N) is 4. The van der Waals surface area contributed by atoms with Crippen LogP contribution in [0.25, 0.3) is 27.6 Å². The maximum atomic E-state index is 6.97. The molecule has 0 amide bonds. The molecule has 6 aromatic rings. The van der Waals surface area contributed by atoms with E-state index in [1.54, 1.807) is 6.20 Å². The molecule has 6 nitrogen and oxygen atoms in total. The van der Waals surface area contributed by atoms with Gasteiger partial charge in [0.15, 0.2) is 0 Å². The number of aryl methyl sites for hydroxylation is 5. The van der Waals surface area contributed by atoms with Gasteiger partial charge in [0.1, 0.15) is 22.7 Å². The number of aromatic nitrogens is 3. The summed E-state index contributed by atoms with van der Waals surface area (Å²) in [4.78, 5) is 15.0. The molecule has 0 bridgehead atoms. The van der Waals surface area contributed by atoms with Crippen molar-refractivity contribution in [2.45, 2.75) is 98.1 Å². The van der Waals surface area contributed by atoms with E-state index in [1.807, 2.05) is 13.1 Å². The summed E-state index contributed by atoms with van der Waals surface area (Å²) in [6.07, 6.45) is 3.62. The van der Waals surface area contributed by atoms with Crippen molar-refractivity contribution in [3.05, 3.63) is 123 Å². The number of fused-ring (bicyclic) bond motifs is 8. The molecule has 2 aliphatic heterocycles. The Morgan fingerprint density at radius 1 is 0.804 bits per heavy atom. The first-order valence-corrected chi connectivity index (χ1v) is 17.5. The Morgan fingerprint density at radius 3 is 2.33 bits per heavy atom. The van der Waals surface area contributed by atoms with Crippen LogP contribution < -0.4 is 4.74 Å². The van der Waals surface area contributed by atoms with Gasteiger partial charge in [0, 0.05) is 28.1 Å². The van der Waals surface area contributed by atoms with Crippen LogP contribution in [0, 0.1) is 46.8 Å². The molecule has 0 saturated heterocycles. The minimum Gasteiger partial charge on any atom is -0.510 e. The number of benzene rings is 3. The van der Waals surface area contributed by atoms with Crippen LogP contribution in [0.2, 0.25) is 0 Å². The van der Waals surface area contributed by atoms with Gasteiger partial charge in [-0.1, -0.05) is 94.8 Å². The number of hydrogen-bond acceptors (Lipinski definition) is 5. The second kappa shape index (κ2) is 10.6. The average molecular weight is 854 g/mol. The summed E-state index contributed by atoms with van der Waals surface area (Å²) in [6.45, 7) is 24.1. The van der Waals surface area contributed by atoms with Crippen LogP contribution in [0.5, 0.6) is 11.5 Å². The van der Waals surface area contributed by atoms with Crippen LogP contribution in [0.15, 0.2) is 59.9 Å². The number of hydrogen-bond donors (Lipinski definition) is 0. The van der Waals surface area contributed by atoms with Crippen LogP contribution in [0.4, 0.5) is 0 Å². The maximum absolute atomic E-state index is 6.97. The van der Waals surface area contributed by atoms with Gasteiger partial charge in [0.05, 0.1) is 11.3 Å². The fourth-order valence-electron chi connectivity index (χ4n) is 9.43. The predicted octanol–water partition coefficient (Wildman–Crippen LogP) is 9.89. The molecule has 7 heteroatoms. The number of ether oxygens (including phenoxy) is 2. The maximum Gasteiger partial charge on any atom is 2.00 e. The molecule has 3 aromatic heterocycles. The van der Waals surface area contributed by atoms with Crippen molar-refractivity contribution in [2.75, 3.05) is 0 Å². The molecule has 51 heavy (non-hydrogen) atoms. The third-order valence-corrected chi connectivity index (χ3v) is 12.4. The summed E-state index contributed by atoms with van der Waals surface area (Å²) < 4.78 is 15.9. The summed E-state index contributed by atoms with van der Waals surface area (Å²) in [5.74, 6) is 1.66. The Bertz CT molecular complexity index is 2540. The van der Waals surface area contributed by atoms with E-state index in [9.17, 15) is 0 Å². The molecule has 0 unspecified atom stereocenters. The summed E-state index contributed by atoms with van der Waals surface area (Å²) in [5, 5.41) is 2.38. The molecular formula is C44H42N4O2Pt. The Hall–Kier alpha value is -4.28. The minimum atomic E-state index is -0.601. The Balaban J connectivity index is 0.00000374. The molecule has 0 N–H and O–H groups in total. The molecule has 5 heterocycles. The number of aliphatic imine (C=N–C) groups is 1. The third-order valence-electron chi connectivity index (χ3n) is 12.4. The zero-order chi connectivity index (χ0) is 35.3. The van der Waals surface area contributed by atoms with Crippen LogP contribution in [0.1, 0.15) is 97.3 Å². The molecule has 260 valence electrons. The van der Waals surface area contributed by atoms with Gasteiger partial charge in [-0.2, -0.15) is 6.07 Å². The van der Waals surface area contributed by atoms with Gasteiger partial charge in [-0.3, -0.25) is 4.99 Å². The van der Waals surface area contributed by atoms with E-state index in [0.29, 0.717) is 23.0 Å². The normalized spacial score (nSPS) is 21.8. The van der Waals surface area contributed by atoms with Gasteiger partial charge in [-0.05, 0) is 85.8 Å². The summed E-state index contributed by atoms with van der Waals surface area (Å²) in [7, 11) is 0. The van der Waals surface area contributed by atoms with Crippen molar-refractivity contribution in [1.29, 1.82) is 0 Å². The van der Waals surface area contributed by atoms with Crippen molar-refractivity contribution in [1.82, 2.24) is 14.5 Å². The SMILES string of the molecule is Cc1cc(C)c2c(c1)[C@@]1(C)N=C(c3[c-]c(Oc4[c-]c5c(cc4C)C(C)(C)c4cccc6c7c(C)ccnc7n-5c46)cnc3C)O[C@@]1(C)C2(C)C.[Pt+2]. The third kappa shape index (κ3) is 4.17. The largest absolute Gasteiger partial charge is 2.00 e. The van der Waals surface area contributed by atoms with E-state index in [0.717, 1.165) is 22.6 Å². The van der Waals surface area contributed by atoms with Gasteiger partial charge >= 0.3 is 21.1 Å². The van der Waals surface area contributed by atoms with Crippen LogP contribution in [-0.2, 0) is 42.2 Å². The topological polar surface area (TPSA) is 61.5 Å². The van der Waals surface area contributed by atoms with E-state index < -0.39 is 11.1 Å². The van der Waals surface area contributed by atoms with Gasteiger partial charge in [0.25, 0.3) is 0 Å². The molecule has 3 aliphatic rings. The van der Waals surface area contributed by atoms with Gasteiger partial charge in [-0.25, -0.2) is 4.98 Å². The van der Waals surface area contributed by atoms with Crippen molar-refractivity contribution in [2.24, 2.45) is 4.99 Å². The molecule has 0 saturated carbocycles. The molecule has 3 aromatic carbocycles. The van der Waals surface area contributed by atoms with E-state index in [1.165, 1.54) is 55.2 Å². The fraction of sp³-hybridized carbons (Fsp3) is 0.341. The van der Waals surface area contributed by atoms with Crippen LogP contribution >= 0.6 is 0 Å². The average Bonchev–Trinajstić information content (AvgIpc) is 3.58. The van der Waals surface area contributed by atoms with E-state index >= 15 is 0 Å². The van der Waals surface area contributed by atoms with Crippen molar-refractivity contribution < 1.29 is 30.5 Å². The monoisotopic (exact) mass is 853 g/mol. The fourth-order valence-corrected chi connectivity index (χ4v) is 9.43. The summed E-state index contributed by atoms with van der Waals surface area (Å²) in [5.41, 5.74) is 12.6. The van der Waals surface area contributed by atoms with Gasteiger partial charge in [-0.15, -0.1) is 17.2 Å². The summed E-state index contributed by atoms with van der Waals surface area (Å²) >= 11 is 0. The zero-order valence-electron chi connectivity index (χ0n) is 31.1. The second-order valence-corrected chi connectivity index (χ2v) is 16.1. The van der Waals surface area contributed by atoms with E-state index in [2.05, 4.69) is 128 Å².